The second-order valence-electron chi connectivity index (χ2n) is 6.07. The fourth-order valence-corrected chi connectivity index (χ4v) is 2.34. The van der Waals surface area contributed by atoms with E-state index in [2.05, 4.69) is 10.6 Å². The van der Waals surface area contributed by atoms with E-state index in [0.29, 0.717) is 12.3 Å². The second-order valence-corrected chi connectivity index (χ2v) is 6.07. The summed E-state index contributed by atoms with van der Waals surface area (Å²) < 4.78 is 5.38. The van der Waals surface area contributed by atoms with Crippen LogP contribution in [0.3, 0.4) is 0 Å². The average Bonchev–Trinajstić information content (AvgIpc) is 2.66. The number of primary amides is 1. The maximum Gasteiger partial charge on any atom is 0.258 e. The van der Waals surface area contributed by atoms with Gasteiger partial charge in [-0.1, -0.05) is 42.5 Å². The summed E-state index contributed by atoms with van der Waals surface area (Å²) in [6, 6.07) is 15.5. The molecule has 0 bridgehead atoms. The van der Waals surface area contributed by atoms with Crippen molar-refractivity contribution in [3.8, 4) is 5.75 Å². The lowest BCUT2D eigenvalue weighted by atomic mass is 10.1. The van der Waals surface area contributed by atoms with Crippen molar-refractivity contribution in [2.75, 3.05) is 6.61 Å². The molecule has 0 radical (unpaired) electrons. The van der Waals surface area contributed by atoms with Crippen molar-refractivity contribution >= 4 is 17.7 Å². The first-order chi connectivity index (χ1) is 12.9. The second kappa shape index (κ2) is 9.96. The van der Waals surface area contributed by atoms with Gasteiger partial charge >= 0.3 is 0 Å². The van der Waals surface area contributed by atoms with E-state index in [0.717, 1.165) is 11.1 Å². The summed E-state index contributed by atoms with van der Waals surface area (Å²) in [7, 11) is 0. The Bertz CT molecular complexity index is 776. The number of hydrogen-bond donors (Lipinski definition) is 3. The Morgan fingerprint density at radius 1 is 1.00 bits per heavy atom. The monoisotopic (exact) mass is 369 g/mol. The van der Waals surface area contributed by atoms with Crippen LogP contribution < -0.4 is 21.1 Å². The molecular formula is C20H23N3O4. The summed E-state index contributed by atoms with van der Waals surface area (Å²) in [6.45, 7) is 1.79. The third-order valence-corrected chi connectivity index (χ3v) is 3.75. The Kier molecular flexibility index (Phi) is 7.37. The molecule has 0 aliphatic heterocycles. The molecule has 27 heavy (non-hydrogen) atoms. The van der Waals surface area contributed by atoms with Crippen molar-refractivity contribution in [1.29, 1.82) is 0 Å². The highest BCUT2D eigenvalue weighted by Crippen LogP contribution is 2.12. The highest BCUT2D eigenvalue weighted by molar-refractivity contribution is 5.87. The molecule has 1 unspecified atom stereocenters. The van der Waals surface area contributed by atoms with Crippen LogP contribution >= 0.6 is 0 Å². The first-order valence-corrected chi connectivity index (χ1v) is 8.55. The first kappa shape index (κ1) is 20.0. The van der Waals surface area contributed by atoms with Crippen LogP contribution in [0.15, 0.2) is 54.6 Å². The van der Waals surface area contributed by atoms with Gasteiger partial charge in [-0.15, -0.1) is 0 Å². The standard InChI is InChI=1S/C20H23N3O4/c1-14(20(26)22-12-16-5-3-2-4-6-16)23-19(25)13-27-17-9-7-15(8-10-17)11-18(21)24/h2-10,14H,11-13H2,1H3,(H2,21,24)(H,22,26)(H,23,25). The van der Waals surface area contributed by atoms with Gasteiger partial charge in [-0.05, 0) is 30.2 Å². The van der Waals surface area contributed by atoms with Crippen LogP contribution in [0, 0.1) is 0 Å². The SMILES string of the molecule is CC(NC(=O)COc1ccc(CC(N)=O)cc1)C(=O)NCc1ccccc1. The highest BCUT2D eigenvalue weighted by Gasteiger charge is 2.15. The summed E-state index contributed by atoms with van der Waals surface area (Å²) in [5.74, 6) is -0.608. The predicted octanol–water partition coefficient (Wildman–Crippen LogP) is 0.914. The van der Waals surface area contributed by atoms with Crippen LogP contribution in [0.5, 0.6) is 5.75 Å². The van der Waals surface area contributed by atoms with Gasteiger partial charge in [0.2, 0.25) is 11.8 Å². The third-order valence-electron chi connectivity index (χ3n) is 3.75. The van der Waals surface area contributed by atoms with E-state index in [9.17, 15) is 14.4 Å². The Labute approximate surface area is 157 Å². The maximum absolute atomic E-state index is 12.0. The van der Waals surface area contributed by atoms with Crippen LogP contribution in [-0.2, 0) is 27.3 Å². The Hall–Kier alpha value is -3.35. The zero-order valence-electron chi connectivity index (χ0n) is 15.1. The van der Waals surface area contributed by atoms with Gasteiger partial charge in [-0.2, -0.15) is 0 Å². The lowest BCUT2D eigenvalue weighted by molar-refractivity contribution is -0.129. The van der Waals surface area contributed by atoms with Crippen molar-refractivity contribution < 1.29 is 19.1 Å². The lowest BCUT2D eigenvalue weighted by Crippen LogP contribution is -2.46. The van der Waals surface area contributed by atoms with Crippen LogP contribution in [0.2, 0.25) is 0 Å². The summed E-state index contributed by atoms with van der Waals surface area (Å²) in [4.78, 5) is 34.8. The van der Waals surface area contributed by atoms with Gasteiger partial charge in [-0.25, -0.2) is 0 Å². The summed E-state index contributed by atoms with van der Waals surface area (Å²) >= 11 is 0. The lowest BCUT2D eigenvalue weighted by Gasteiger charge is -2.14. The fraction of sp³-hybridized carbons (Fsp3) is 0.250. The molecule has 7 heteroatoms. The number of hydrogen-bond acceptors (Lipinski definition) is 4. The fourth-order valence-electron chi connectivity index (χ4n) is 2.34. The minimum absolute atomic E-state index is 0.149. The van der Waals surface area contributed by atoms with Gasteiger partial charge in [0.15, 0.2) is 6.61 Å². The van der Waals surface area contributed by atoms with Gasteiger partial charge < -0.3 is 21.1 Å². The van der Waals surface area contributed by atoms with Gasteiger partial charge in [0.25, 0.3) is 5.91 Å². The summed E-state index contributed by atoms with van der Waals surface area (Å²) in [6.07, 6.45) is 0.149. The molecule has 1 atom stereocenters. The van der Waals surface area contributed by atoms with Gasteiger partial charge in [-0.3, -0.25) is 14.4 Å². The molecule has 0 heterocycles. The molecule has 2 rings (SSSR count). The van der Waals surface area contributed by atoms with Crippen molar-refractivity contribution in [3.63, 3.8) is 0 Å². The highest BCUT2D eigenvalue weighted by atomic mass is 16.5. The summed E-state index contributed by atoms with van der Waals surface area (Å²) in [5.41, 5.74) is 6.88. The van der Waals surface area contributed by atoms with E-state index >= 15 is 0 Å². The van der Waals surface area contributed by atoms with Crippen LogP contribution in [0.25, 0.3) is 0 Å². The van der Waals surface area contributed by atoms with E-state index in [-0.39, 0.29) is 18.9 Å². The Morgan fingerprint density at radius 3 is 2.30 bits per heavy atom. The Balaban J connectivity index is 1.72. The van der Waals surface area contributed by atoms with E-state index in [1.807, 2.05) is 30.3 Å². The number of nitrogens with one attached hydrogen (secondary N) is 2. The molecule has 0 spiro atoms. The van der Waals surface area contributed by atoms with Crippen molar-refractivity contribution in [2.45, 2.75) is 25.9 Å². The molecule has 4 N–H and O–H groups in total. The first-order valence-electron chi connectivity index (χ1n) is 8.55. The molecule has 2 aromatic carbocycles. The van der Waals surface area contributed by atoms with E-state index < -0.39 is 17.9 Å². The van der Waals surface area contributed by atoms with Crippen LogP contribution in [0.4, 0.5) is 0 Å². The number of benzene rings is 2. The number of ether oxygens (including phenoxy) is 1. The zero-order chi connectivity index (χ0) is 19.6. The van der Waals surface area contributed by atoms with Crippen molar-refractivity contribution in [1.82, 2.24) is 10.6 Å². The minimum atomic E-state index is -0.678. The van der Waals surface area contributed by atoms with Gasteiger partial charge in [0.05, 0.1) is 6.42 Å². The van der Waals surface area contributed by atoms with E-state index in [1.54, 1.807) is 31.2 Å². The zero-order valence-corrected chi connectivity index (χ0v) is 15.1. The van der Waals surface area contributed by atoms with Crippen molar-refractivity contribution in [2.24, 2.45) is 5.73 Å². The molecule has 2 aromatic rings. The smallest absolute Gasteiger partial charge is 0.258 e. The largest absolute Gasteiger partial charge is 0.484 e. The third kappa shape index (κ3) is 7.19. The molecule has 0 fully saturated rings. The molecule has 0 aliphatic carbocycles. The number of amides is 3. The average molecular weight is 369 g/mol. The number of nitrogens with two attached hydrogens (primary N) is 1. The van der Waals surface area contributed by atoms with Gasteiger partial charge in [0, 0.05) is 6.54 Å². The molecule has 0 aromatic heterocycles. The van der Waals surface area contributed by atoms with Crippen LogP contribution in [-0.4, -0.2) is 30.4 Å². The van der Waals surface area contributed by atoms with E-state index in [1.165, 1.54) is 0 Å². The van der Waals surface area contributed by atoms with Crippen LogP contribution in [0.1, 0.15) is 18.1 Å². The topological polar surface area (TPSA) is 111 Å². The molecule has 142 valence electrons. The molecule has 7 nitrogen and oxygen atoms in total. The number of carbonyl (C=O) groups is 3. The maximum atomic E-state index is 12.0. The van der Waals surface area contributed by atoms with Crippen molar-refractivity contribution in [3.05, 3.63) is 65.7 Å². The quantitative estimate of drug-likeness (QED) is 0.610. The number of rotatable bonds is 9. The molecule has 0 saturated carbocycles. The normalized spacial score (nSPS) is 11.3. The summed E-state index contributed by atoms with van der Waals surface area (Å²) in [5, 5.41) is 5.35. The Morgan fingerprint density at radius 2 is 1.67 bits per heavy atom. The van der Waals surface area contributed by atoms with Gasteiger partial charge in [0.1, 0.15) is 11.8 Å². The minimum Gasteiger partial charge on any atom is -0.484 e. The van der Waals surface area contributed by atoms with E-state index in [4.69, 9.17) is 10.5 Å². The number of carbonyl (C=O) groups excluding carboxylic acids is 3. The molecule has 3 amide bonds. The molecular weight excluding hydrogens is 346 g/mol. The predicted molar refractivity (Wildman–Crippen MR) is 101 cm³/mol. The molecule has 0 saturated heterocycles. The molecule has 0 aliphatic rings.